The van der Waals surface area contributed by atoms with E-state index in [1.807, 2.05) is 32.0 Å². The summed E-state index contributed by atoms with van der Waals surface area (Å²) in [5.41, 5.74) is 4.05. The first-order valence-electron chi connectivity index (χ1n) is 9.60. The first kappa shape index (κ1) is 19.1. The first-order valence-corrected chi connectivity index (χ1v) is 11.1. The van der Waals surface area contributed by atoms with Crippen LogP contribution in [0.1, 0.15) is 38.3 Å². The molecule has 1 fully saturated rings. The maximum Gasteiger partial charge on any atom is 0.240 e. The Bertz CT molecular complexity index is 1080. The fourth-order valence-corrected chi connectivity index (χ4v) is 4.75. The molecular weight excluding hydrogens is 374 g/mol. The predicted octanol–water partition coefficient (Wildman–Crippen LogP) is 3.40. The Morgan fingerprint density at radius 1 is 1.21 bits per heavy atom. The maximum atomic E-state index is 12.6. The van der Waals surface area contributed by atoms with E-state index in [2.05, 4.69) is 20.8 Å². The zero-order valence-corrected chi connectivity index (χ0v) is 16.8. The van der Waals surface area contributed by atoms with E-state index in [1.165, 1.54) is 18.5 Å². The molecule has 0 saturated heterocycles. The second-order valence-corrected chi connectivity index (χ2v) is 9.51. The third-order valence-corrected chi connectivity index (χ3v) is 6.86. The summed E-state index contributed by atoms with van der Waals surface area (Å²) in [4.78, 5) is 8.02. The number of nitrogens with one attached hydrogen (secondary N) is 2. The summed E-state index contributed by atoms with van der Waals surface area (Å²) in [6, 6.07) is 10.4. The van der Waals surface area contributed by atoms with Gasteiger partial charge in [0, 0.05) is 23.3 Å². The van der Waals surface area contributed by atoms with Crippen LogP contribution in [0.5, 0.6) is 0 Å². The van der Waals surface area contributed by atoms with Gasteiger partial charge in [0.15, 0.2) is 0 Å². The van der Waals surface area contributed by atoms with Crippen molar-refractivity contribution in [1.29, 1.82) is 0 Å². The van der Waals surface area contributed by atoms with Crippen LogP contribution in [0, 0.1) is 5.92 Å². The molecule has 3 N–H and O–H groups in total. The Labute approximate surface area is 165 Å². The minimum Gasteiger partial charge on any atom is -0.395 e. The van der Waals surface area contributed by atoms with Crippen molar-refractivity contribution >= 4 is 21.1 Å². The van der Waals surface area contributed by atoms with Gasteiger partial charge in [-0.1, -0.05) is 26.0 Å². The van der Waals surface area contributed by atoms with E-state index in [9.17, 15) is 13.5 Å². The summed E-state index contributed by atoms with van der Waals surface area (Å²) < 4.78 is 27.8. The monoisotopic (exact) mass is 399 g/mol. The number of nitrogens with zero attached hydrogens (tertiary/aromatic N) is 1. The molecule has 148 valence electrons. The smallest absolute Gasteiger partial charge is 0.240 e. The van der Waals surface area contributed by atoms with Crippen molar-refractivity contribution in [2.75, 3.05) is 6.61 Å². The Morgan fingerprint density at radius 2 is 1.93 bits per heavy atom. The first-order chi connectivity index (χ1) is 13.4. The van der Waals surface area contributed by atoms with Gasteiger partial charge >= 0.3 is 0 Å². The molecule has 1 aliphatic rings. The number of benzene rings is 1. The zero-order chi connectivity index (χ0) is 19.9. The van der Waals surface area contributed by atoms with Gasteiger partial charge in [-0.25, -0.2) is 18.1 Å². The molecule has 1 atom stereocenters. The molecule has 4 rings (SSSR count). The summed E-state index contributed by atoms with van der Waals surface area (Å²) in [7, 11) is -3.69. The summed E-state index contributed by atoms with van der Waals surface area (Å²) in [5, 5.41) is 10.5. The van der Waals surface area contributed by atoms with Gasteiger partial charge in [-0.15, -0.1) is 0 Å². The van der Waals surface area contributed by atoms with Crippen molar-refractivity contribution in [1.82, 2.24) is 14.7 Å². The number of sulfonamides is 1. The van der Waals surface area contributed by atoms with Crippen molar-refractivity contribution in [3.8, 4) is 11.1 Å². The molecule has 2 aromatic heterocycles. The van der Waals surface area contributed by atoms with E-state index in [0.29, 0.717) is 5.92 Å². The quantitative estimate of drug-likeness (QED) is 0.567. The molecule has 0 amide bonds. The molecule has 1 saturated carbocycles. The summed E-state index contributed by atoms with van der Waals surface area (Å²) >= 11 is 0. The highest BCUT2D eigenvalue weighted by Crippen LogP contribution is 2.41. The van der Waals surface area contributed by atoms with Crippen LogP contribution in [0.2, 0.25) is 0 Å². The minimum atomic E-state index is -3.69. The van der Waals surface area contributed by atoms with E-state index in [1.54, 1.807) is 18.3 Å². The SMILES string of the molecule is CC(C)[C@@H](CO)NS(=O)(=O)c1ccc(-c2ccnc3[nH]c(C4CC4)cc23)cc1. The molecule has 0 radical (unpaired) electrons. The molecule has 0 bridgehead atoms. The molecule has 0 aliphatic heterocycles. The zero-order valence-electron chi connectivity index (χ0n) is 16.0. The van der Waals surface area contributed by atoms with Crippen LogP contribution < -0.4 is 4.72 Å². The van der Waals surface area contributed by atoms with E-state index < -0.39 is 16.1 Å². The number of rotatable bonds is 7. The number of aromatic nitrogens is 2. The van der Waals surface area contributed by atoms with Crippen molar-refractivity contribution in [3.05, 3.63) is 48.3 Å². The van der Waals surface area contributed by atoms with Gasteiger partial charge in [0.05, 0.1) is 11.5 Å². The van der Waals surface area contributed by atoms with Crippen molar-refractivity contribution in [3.63, 3.8) is 0 Å². The predicted molar refractivity (Wildman–Crippen MR) is 110 cm³/mol. The number of hydrogen-bond acceptors (Lipinski definition) is 4. The molecule has 7 heteroatoms. The highest BCUT2D eigenvalue weighted by Gasteiger charge is 2.26. The average molecular weight is 400 g/mol. The van der Waals surface area contributed by atoms with Crippen LogP contribution in [0.25, 0.3) is 22.2 Å². The van der Waals surface area contributed by atoms with Crippen LogP contribution in [-0.4, -0.2) is 36.1 Å². The highest BCUT2D eigenvalue weighted by atomic mass is 32.2. The lowest BCUT2D eigenvalue weighted by atomic mass is 10.0. The van der Waals surface area contributed by atoms with Crippen LogP contribution in [0.4, 0.5) is 0 Å². The molecule has 6 nitrogen and oxygen atoms in total. The Morgan fingerprint density at radius 3 is 2.54 bits per heavy atom. The van der Waals surface area contributed by atoms with E-state index in [4.69, 9.17) is 0 Å². The average Bonchev–Trinajstić information content (AvgIpc) is 3.44. The van der Waals surface area contributed by atoms with Gasteiger partial charge in [0.2, 0.25) is 10.0 Å². The van der Waals surface area contributed by atoms with Crippen molar-refractivity contribution in [2.24, 2.45) is 5.92 Å². The normalized spacial score (nSPS) is 16.0. The third-order valence-electron chi connectivity index (χ3n) is 5.35. The van der Waals surface area contributed by atoms with Gasteiger partial charge < -0.3 is 10.1 Å². The molecule has 2 heterocycles. The number of pyridine rings is 1. The van der Waals surface area contributed by atoms with Crippen LogP contribution in [-0.2, 0) is 10.0 Å². The van der Waals surface area contributed by atoms with Crippen molar-refractivity contribution in [2.45, 2.75) is 43.5 Å². The van der Waals surface area contributed by atoms with Crippen molar-refractivity contribution < 1.29 is 13.5 Å². The second-order valence-electron chi connectivity index (χ2n) is 7.80. The number of aromatic amines is 1. The van der Waals surface area contributed by atoms with Gasteiger partial charge in [-0.3, -0.25) is 0 Å². The number of H-pyrrole nitrogens is 1. The Kier molecular flexibility index (Phi) is 4.99. The molecule has 3 aromatic rings. The van der Waals surface area contributed by atoms with Gasteiger partial charge in [0.25, 0.3) is 0 Å². The molecule has 1 aromatic carbocycles. The largest absolute Gasteiger partial charge is 0.395 e. The van der Waals surface area contributed by atoms with Gasteiger partial charge in [0.1, 0.15) is 5.65 Å². The fourth-order valence-electron chi connectivity index (χ4n) is 3.38. The topological polar surface area (TPSA) is 95.1 Å². The summed E-state index contributed by atoms with van der Waals surface area (Å²) in [5.74, 6) is 0.611. The number of aliphatic hydroxyl groups excluding tert-OH is 1. The standard InChI is InChI=1S/C21H25N3O3S/c1-13(2)20(12-25)24-28(26,27)16-7-5-14(6-8-16)17-9-10-22-21-18(17)11-19(23-21)15-3-4-15/h5-11,13,15,20,24-25H,3-4,12H2,1-2H3,(H,22,23)/t20-/m1/s1. The lowest BCUT2D eigenvalue weighted by Gasteiger charge is -2.19. The molecule has 1 aliphatic carbocycles. The van der Waals surface area contributed by atoms with E-state index in [-0.39, 0.29) is 17.4 Å². The molecule has 0 spiro atoms. The van der Waals surface area contributed by atoms with Crippen LogP contribution in [0.15, 0.2) is 47.5 Å². The molecular formula is C21H25N3O3S. The summed E-state index contributed by atoms with van der Waals surface area (Å²) in [6.07, 6.45) is 4.20. The van der Waals surface area contributed by atoms with Crippen LogP contribution >= 0.6 is 0 Å². The van der Waals surface area contributed by atoms with E-state index in [0.717, 1.165) is 22.2 Å². The molecule has 28 heavy (non-hydrogen) atoms. The number of fused-ring (bicyclic) bond motifs is 1. The van der Waals surface area contributed by atoms with Gasteiger partial charge in [-0.2, -0.15) is 0 Å². The number of hydrogen-bond donors (Lipinski definition) is 3. The maximum absolute atomic E-state index is 12.6. The Hall–Kier alpha value is -2.22. The Balaban J connectivity index is 1.64. The summed E-state index contributed by atoms with van der Waals surface area (Å²) in [6.45, 7) is 3.50. The van der Waals surface area contributed by atoms with Crippen LogP contribution in [0.3, 0.4) is 0 Å². The highest BCUT2D eigenvalue weighted by molar-refractivity contribution is 7.89. The second kappa shape index (κ2) is 7.31. The molecule has 0 unspecified atom stereocenters. The third kappa shape index (κ3) is 3.70. The van der Waals surface area contributed by atoms with Gasteiger partial charge in [-0.05, 0) is 60.1 Å². The number of aliphatic hydroxyl groups is 1. The fraction of sp³-hybridized carbons (Fsp3) is 0.381. The lowest BCUT2D eigenvalue weighted by Crippen LogP contribution is -2.41. The van der Waals surface area contributed by atoms with E-state index >= 15 is 0 Å². The lowest BCUT2D eigenvalue weighted by molar-refractivity contribution is 0.227. The minimum absolute atomic E-state index is 0.00148.